The number of aromatic nitrogens is 2. The first kappa shape index (κ1) is 15.6. The van der Waals surface area contributed by atoms with E-state index >= 15 is 0 Å². The average molecular weight is 331 g/mol. The normalized spacial score (nSPS) is 17.2. The number of fused-ring (bicyclic) bond motifs is 1. The first-order valence-electron chi connectivity index (χ1n) is 7.14. The number of nitrogens with one attached hydrogen (secondary N) is 1. The van der Waals surface area contributed by atoms with Crippen molar-refractivity contribution in [2.45, 2.75) is 12.2 Å². The molecule has 1 N–H and O–H groups in total. The van der Waals surface area contributed by atoms with Crippen LogP contribution in [0.5, 0.6) is 0 Å². The van der Waals surface area contributed by atoms with Crippen molar-refractivity contribution in [1.29, 1.82) is 0 Å². The minimum absolute atomic E-state index is 0.00986. The molecule has 0 unspecified atom stereocenters. The molecule has 23 heavy (non-hydrogen) atoms. The Morgan fingerprint density at radius 2 is 2.09 bits per heavy atom. The highest BCUT2D eigenvalue weighted by atomic mass is 32.2. The second kappa shape index (κ2) is 6.08. The zero-order chi connectivity index (χ0) is 16.6. The molecule has 0 aliphatic carbocycles. The van der Waals surface area contributed by atoms with Crippen LogP contribution in [0.4, 0.5) is 5.82 Å². The molecule has 3 rings (SSSR count). The molecule has 0 saturated carbocycles. The Labute approximate surface area is 138 Å². The van der Waals surface area contributed by atoms with Gasteiger partial charge in [0.1, 0.15) is 5.82 Å². The molecule has 1 aromatic heterocycles. The van der Waals surface area contributed by atoms with E-state index in [4.69, 9.17) is 4.74 Å². The number of methoxy groups -OCH3 is 1. The van der Waals surface area contributed by atoms with E-state index in [0.29, 0.717) is 11.3 Å². The number of benzene rings is 1. The van der Waals surface area contributed by atoms with Gasteiger partial charge in [-0.25, -0.2) is 4.79 Å². The number of hydrogen-bond donors (Lipinski definition) is 1. The Hall–Kier alpha value is -2.28. The van der Waals surface area contributed by atoms with Crippen molar-refractivity contribution in [3.8, 4) is 0 Å². The summed E-state index contributed by atoms with van der Waals surface area (Å²) in [6.45, 7) is 1.94. The van der Waals surface area contributed by atoms with Crippen molar-refractivity contribution in [3.63, 3.8) is 0 Å². The van der Waals surface area contributed by atoms with Crippen LogP contribution in [0.1, 0.15) is 32.4 Å². The molecule has 7 heteroatoms. The molecule has 0 spiro atoms. The van der Waals surface area contributed by atoms with E-state index in [2.05, 4.69) is 10.4 Å². The number of esters is 1. The predicted octanol–water partition coefficient (Wildman–Crippen LogP) is 2.29. The van der Waals surface area contributed by atoms with Crippen LogP contribution in [-0.4, -0.2) is 34.5 Å². The smallest absolute Gasteiger partial charge is 0.337 e. The highest BCUT2D eigenvalue weighted by Gasteiger charge is 2.29. The fraction of sp³-hybridized carbons (Fsp3) is 0.312. The number of carbonyl (C=O) groups excluding carboxylic acids is 2. The molecule has 120 valence electrons. The fourth-order valence-corrected chi connectivity index (χ4v) is 3.91. The van der Waals surface area contributed by atoms with E-state index < -0.39 is 0 Å². The van der Waals surface area contributed by atoms with Crippen molar-refractivity contribution in [3.05, 3.63) is 46.6 Å². The molecular weight excluding hydrogens is 314 g/mol. The summed E-state index contributed by atoms with van der Waals surface area (Å²) in [7, 11) is 3.18. The molecule has 6 nitrogen and oxygen atoms in total. The maximum Gasteiger partial charge on any atom is 0.337 e. The highest BCUT2D eigenvalue weighted by molar-refractivity contribution is 8.00. The molecule has 0 saturated heterocycles. The van der Waals surface area contributed by atoms with E-state index in [1.165, 1.54) is 7.11 Å². The van der Waals surface area contributed by atoms with Crippen LogP contribution in [0.15, 0.2) is 24.3 Å². The number of nitrogens with zero attached hydrogens (tertiary/aromatic N) is 2. The molecule has 2 aromatic rings. The van der Waals surface area contributed by atoms with Crippen molar-refractivity contribution in [2.24, 2.45) is 7.05 Å². The molecule has 0 radical (unpaired) electrons. The van der Waals surface area contributed by atoms with E-state index in [-0.39, 0.29) is 17.1 Å². The molecular formula is C16H17N3O3S. The number of hydrogen-bond acceptors (Lipinski definition) is 5. The van der Waals surface area contributed by atoms with Gasteiger partial charge in [0.15, 0.2) is 0 Å². The summed E-state index contributed by atoms with van der Waals surface area (Å²) in [5.41, 5.74) is 3.43. The second-order valence-electron chi connectivity index (χ2n) is 5.32. The van der Waals surface area contributed by atoms with E-state index in [9.17, 15) is 9.59 Å². The van der Waals surface area contributed by atoms with Gasteiger partial charge in [-0.3, -0.25) is 9.48 Å². The van der Waals surface area contributed by atoms with E-state index in [1.54, 1.807) is 28.6 Å². The molecule has 1 atom stereocenters. The van der Waals surface area contributed by atoms with Crippen LogP contribution in [-0.2, 0) is 16.6 Å². The van der Waals surface area contributed by atoms with Gasteiger partial charge in [0.2, 0.25) is 5.91 Å². The van der Waals surface area contributed by atoms with Crippen LogP contribution in [0.2, 0.25) is 0 Å². The van der Waals surface area contributed by atoms with Gasteiger partial charge < -0.3 is 10.1 Å². The Morgan fingerprint density at radius 1 is 1.39 bits per heavy atom. The summed E-state index contributed by atoms with van der Waals surface area (Å²) < 4.78 is 6.42. The predicted molar refractivity (Wildman–Crippen MR) is 88.7 cm³/mol. The largest absolute Gasteiger partial charge is 0.465 e. The van der Waals surface area contributed by atoms with Gasteiger partial charge in [-0.15, -0.1) is 11.8 Å². The average Bonchev–Trinajstić information content (AvgIpc) is 2.73. The summed E-state index contributed by atoms with van der Waals surface area (Å²) in [4.78, 5) is 23.5. The van der Waals surface area contributed by atoms with E-state index in [0.717, 1.165) is 22.6 Å². The number of aryl methyl sites for hydroxylation is 2. The van der Waals surface area contributed by atoms with Crippen molar-refractivity contribution in [1.82, 2.24) is 9.78 Å². The molecule has 0 bridgehead atoms. The van der Waals surface area contributed by atoms with Gasteiger partial charge in [-0.2, -0.15) is 5.10 Å². The standard InChI is InChI=1S/C16H17N3O3S/c1-9-13-14(10-4-6-11(7-5-10)16(21)22-3)23-8-12(20)17-15(13)19(2)18-9/h4-7,14H,8H2,1-3H3,(H,17,20)/t14-/m1/s1. The number of anilines is 1. The second-order valence-corrected chi connectivity index (χ2v) is 6.42. The first-order valence-corrected chi connectivity index (χ1v) is 8.19. The van der Waals surface area contributed by atoms with Crippen molar-refractivity contribution >= 4 is 29.5 Å². The topological polar surface area (TPSA) is 73.2 Å². The van der Waals surface area contributed by atoms with Crippen molar-refractivity contribution in [2.75, 3.05) is 18.2 Å². The van der Waals surface area contributed by atoms with Crippen LogP contribution in [0.25, 0.3) is 0 Å². The van der Waals surface area contributed by atoms with Crippen LogP contribution in [0.3, 0.4) is 0 Å². The van der Waals surface area contributed by atoms with Gasteiger partial charge in [-0.1, -0.05) is 12.1 Å². The van der Waals surface area contributed by atoms with Gasteiger partial charge in [0, 0.05) is 12.6 Å². The lowest BCUT2D eigenvalue weighted by molar-refractivity contribution is -0.113. The van der Waals surface area contributed by atoms with E-state index in [1.807, 2.05) is 26.1 Å². The Bertz CT molecular complexity index is 768. The lowest BCUT2D eigenvalue weighted by Gasteiger charge is -2.15. The highest BCUT2D eigenvalue weighted by Crippen LogP contribution is 2.42. The van der Waals surface area contributed by atoms with Gasteiger partial charge >= 0.3 is 5.97 Å². The molecule has 1 amide bonds. The quantitative estimate of drug-likeness (QED) is 0.855. The first-order chi connectivity index (χ1) is 11.0. The minimum atomic E-state index is -0.361. The molecule has 1 aromatic carbocycles. The maximum atomic E-state index is 11.9. The lowest BCUT2D eigenvalue weighted by Crippen LogP contribution is -2.15. The van der Waals surface area contributed by atoms with Crippen LogP contribution >= 0.6 is 11.8 Å². The summed E-state index contributed by atoms with van der Waals surface area (Å²) in [5.74, 6) is 0.713. The minimum Gasteiger partial charge on any atom is -0.465 e. The Morgan fingerprint density at radius 3 is 2.74 bits per heavy atom. The zero-order valence-electron chi connectivity index (χ0n) is 13.1. The number of thioether (sulfide) groups is 1. The van der Waals surface area contributed by atoms with Gasteiger partial charge in [0.05, 0.1) is 29.4 Å². The van der Waals surface area contributed by atoms with Crippen molar-refractivity contribution < 1.29 is 14.3 Å². The van der Waals surface area contributed by atoms with Crippen LogP contribution in [0, 0.1) is 6.92 Å². The SMILES string of the molecule is COC(=O)c1ccc([C@H]2SCC(=O)Nc3c2c(C)nn3C)cc1. The van der Waals surface area contributed by atoms with Gasteiger partial charge in [-0.05, 0) is 24.6 Å². The zero-order valence-corrected chi connectivity index (χ0v) is 13.9. The molecule has 1 aliphatic rings. The number of rotatable bonds is 2. The van der Waals surface area contributed by atoms with Gasteiger partial charge in [0.25, 0.3) is 0 Å². The van der Waals surface area contributed by atoms with Crippen LogP contribution < -0.4 is 5.32 Å². The number of carbonyl (C=O) groups is 2. The summed E-state index contributed by atoms with van der Waals surface area (Å²) in [5, 5.41) is 7.32. The molecule has 2 heterocycles. The fourth-order valence-electron chi connectivity index (χ4n) is 2.72. The summed E-state index contributed by atoms with van der Waals surface area (Å²) in [6, 6.07) is 7.28. The summed E-state index contributed by atoms with van der Waals surface area (Å²) >= 11 is 1.55. The lowest BCUT2D eigenvalue weighted by atomic mass is 10.0. The number of ether oxygens (including phenoxy) is 1. The third-order valence-electron chi connectivity index (χ3n) is 3.80. The molecule has 1 aliphatic heterocycles. The third kappa shape index (κ3) is 2.84. The summed E-state index contributed by atoms with van der Waals surface area (Å²) in [6.07, 6.45) is 0. The third-order valence-corrected chi connectivity index (χ3v) is 5.07. The maximum absolute atomic E-state index is 11.9. The molecule has 0 fully saturated rings. The number of amides is 1. The Kier molecular flexibility index (Phi) is 4.12. The monoisotopic (exact) mass is 331 g/mol. The Balaban J connectivity index is 2.03.